The maximum Gasteiger partial charge on any atom is 0.105 e. The van der Waals surface area contributed by atoms with E-state index in [0.717, 1.165) is 17.2 Å². The Bertz CT molecular complexity index is 768. The number of hydrogen-bond donors (Lipinski definition) is 0. The van der Waals surface area contributed by atoms with E-state index in [0.29, 0.717) is 0 Å². The first-order valence-corrected chi connectivity index (χ1v) is 12.5. The Kier molecular flexibility index (Phi) is 15.9. The molecule has 0 heterocycles. The molecule has 0 nitrogen and oxygen atoms in total. The smallest absolute Gasteiger partial charge is 0.105 e. The first kappa shape index (κ1) is 28.0. The average molecular weight is 666 g/mol. The van der Waals surface area contributed by atoms with Gasteiger partial charge in [0, 0.05) is 21.1 Å². The molecule has 0 aromatic heterocycles. The molecule has 0 aliphatic rings. The number of benzene rings is 4. The number of hydrogen-bond acceptors (Lipinski definition) is 0. The first-order chi connectivity index (χ1) is 14.6. The van der Waals surface area contributed by atoms with Gasteiger partial charge in [0.25, 0.3) is 0 Å². The van der Waals surface area contributed by atoms with Gasteiger partial charge >= 0.3 is 0 Å². The summed E-state index contributed by atoms with van der Waals surface area (Å²) in [6.45, 7) is 1.70. The van der Waals surface area contributed by atoms with Crippen LogP contribution in [-0.4, -0.2) is 4.84 Å². The van der Waals surface area contributed by atoms with Crippen molar-refractivity contribution in [3.63, 3.8) is 0 Å². The fraction of sp³-hybridized carbons (Fsp3) is 0.0769. The fourth-order valence-corrected chi connectivity index (χ4v) is 4.52. The molecule has 0 fully saturated rings. The van der Waals surface area contributed by atoms with E-state index in [1.54, 1.807) is 6.92 Å². The quantitative estimate of drug-likeness (QED) is 0.174. The van der Waals surface area contributed by atoms with E-state index in [9.17, 15) is 0 Å². The predicted molar refractivity (Wildman–Crippen MR) is 142 cm³/mol. The Balaban J connectivity index is 0.000000258. The number of halogens is 2. The number of alkyl halides is 2. The van der Waals surface area contributed by atoms with Gasteiger partial charge in [-0.05, 0) is 28.1 Å². The van der Waals surface area contributed by atoms with Crippen LogP contribution >= 0.6 is 40.4 Å². The van der Waals surface area contributed by atoms with Crippen LogP contribution in [0.15, 0.2) is 121 Å². The third kappa shape index (κ3) is 13.9. The largest absolute Gasteiger partial charge is 0.106 e. The minimum absolute atomic E-state index is 0. The zero-order valence-corrected chi connectivity index (χ0v) is 23.0. The second kappa shape index (κ2) is 17.6. The third-order valence-electron chi connectivity index (χ3n) is 3.67. The molecule has 0 spiro atoms. The van der Waals surface area contributed by atoms with Crippen molar-refractivity contribution in [2.45, 2.75) is 11.8 Å². The molecule has 0 saturated carbocycles. The van der Waals surface area contributed by atoms with Crippen molar-refractivity contribution in [1.29, 1.82) is 0 Å². The van der Waals surface area contributed by atoms with Gasteiger partial charge in [-0.1, -0.05) is 138 Å². The minimum Gasteiger partial charge on any atom is -0.106 e. The maximum absolute atomic E-state index is 5.04. The Hall–Kier alpha value is -0.992. The van der Waals surface area contributed by atoms with Crippen LogP contribution in [0.3, 0.4) is 0 Å². The normalized spacial score (nSPS) is 9.42. The molecule has 4 aromatic carbocycles. The van der Waals surface area contributed by atoms with Gasteiger partial charge in [-0.3, -0.25) is 0 Å². The van der Waals surface area contributed by atoms with Gasteiger partial charge in [-0.2, -0.15) is 0 Å². The van der Waals surface area contributed by atoms with E-state index in [2.05, 4.69) is 121 Å². The van der Waals surface area contributed by atoms with E-state index >= 15 is 0 Å². The van der Waals surface area contributed by atoms with Crippen molar-refractivity contribution in [3.8, 4) is 0 Å². The van der Waals surface area contributed by atoms with E-state index in [-0.39, 0.29) is 25.9 Å². The summed E-state index contributed by atoms with van der Waals surface area (Å²) in [6, 6.07) is 42.3. The van der Waals surface area contributed by atoms with Gasteiger partial charge in [0.1, 0.15) is 4.84 Å². The minimum atomic E-state index is -0.222. The average Bonchev–Trinajstić information content (AvgIpc) is 2.77. The van der Waals surface area contributed by atoms with Crippen LogP contribution in [0.4, 0.5) is 0 Å². The molecule has 0 aliphatic heterocycles. The molecule has 0 radical (unpaired) electrons. The molecule has 0 aliphatic carbocycles. The molecule has 0 N–H and O–H groups in total. The molecule has 5 heteroatoms. The molecular weight excluding hydrogens is 640 g/mol. The van der Waals surface area contributed by atoms with Gasteiger partial charge in [-0.25, -0.2) is 0 Å². The fourth-order valence-electron chi connectivity index (χ4n) is 2.42. The van der Waals surface area contributed by atoms with Crippen LogP contribution in [-0.2, 0) is 21.1 Å². The molecule has 0 saturated heterocycles. The van der Waals surface area contributed by atoms with Crippen molar-refractivity contribution < 1.29 is 21.1 Å². The first-order valence-electron chi connectivity index (χ1n) is 9.66. The molecule has 0 atom stereocenters. The molecule has 4 rings (SSSR count). The SMILES string of the molecule is CC(Cl)Cl.[Pt].c1ccc(Pc2ccccc2)cc1.c1ccc(Pc2ccccc2)cc1. The van der Waals surface area contributed by atoms with Crippen molar-refractivity contribution in [3.05, 3.63) is 121 Å². The topological polar surface area (TPSA) is 0 Å². The summed E-state index contributed by atoms with van der Waals surface area (Å²) >= 11 is 10.1. The molecule has 4 aromatic rings. The van der Waals surface area contributed by atoms with Crippen molar-refractivity contribution in [2.75, 3.05) is 0 Å². The second-order valence-corrected chi connectivity index (χ2v) is 10.6. The Morgan fingerprint density at radius 3 is 0.774 bits per heavy atom. The summed E-state index contributed by atoms with van der Waals surface area (Å²) in [5.41, 5.74) is 0. The molecule has 31 heavy (non-hydrogen) atoms. The molecular formula is C26H26Cl2P2Pt. The van der Waals surface area contributed by atoms with Crippen LogP contribution in [0.1, 0.15) is 6.92 Å². The zero-order valence-electron chi connectivity index (χ0n) is 17.2. The molecule has 164 valence electrons. The summed E-state index contributed by atoms with van der Waals surface area (Å²) in [4.78, 5) is -0.222. The van der Waals surface area contributed by atoms with Gasteiger partial charge in [0.05, 0.1) is 0 Å². The van der Waals surface area contributed by atoms with Crippen molar-refractivity contribution in [2.24, 2.45) is 0 Å². The summed E-state index contributed by atoms with van der Waals surface area (Å²) in [5, 5.41) is 5.59. The van der Waals surface area contributed by atoms with Gasteiger partial charge in [0.15, 0.2) is 0 Å². The van der Waals surface area contributed by atoms with Crippen LogP contribution in [0.25, 0.3) is 0 Å². The van der Waals surface area contributed by atoms with E-state index in [1.807, 2.05) is 0 Å². The number of rotatable bonds is 4. The predicted octanol–water partition coefficient (Wildman–Crippen LogP) is 6.44. The van der Waals surface area contributed by atoms with Crippen LogP contribution in [0, 0.1) is 0 Å². The second-order valence-electron chi connectivity index (χ2n) is 6.23. The molecule has 0 bridgehead atoms. The summed E-state index contributed by atoms with van der Waals surface area (Å²) in [5.74, 6) is 0. The summed E-state index contributed by atoms with van der Waals surface area (Å²) in [7, 11) is 1.55. The van der Waals surface area contributed by atoms with Crippen LogP contribution in [0.5, 0.6) is 0 Å². The standard InChI is InChI=1S/2C12H11P.C2H4Cl2.Pt/c2*1-3-7-11(8-4-1)13-12-9-5-2-6-10-12;1-2(3)4;/h2*1-10,13H;2H,1H3;. The van der Waals surface area contributed by atoms with E-state index < -0.39 is 0 Å². The zero-order chi connectivity index (χ0) is 21.4. The summed E-state index contributed by atoms with van der Waals surface area (Å²) in [6.07, 6.45) is 0. The van der Waals surface area contributed by atoms with E-state index in [4.69, 9.17) is 23.2 Å². The van der Waals surface area contributed by atoms with Gasteiger partial charge in [-0.15, -0.1) is 23.2 Å². The Morgan fingerprint density at radius 1 is 0.452 bits per heavy atom. The maximum atomic E-state index is 5.04. The monoisotopic (exact) mass is 665 g/mol. The van der Waals surface area contributed by atoms with Gasteiger partial charge < -0.3 is 0 Å². The third-order valence-corrected chi connectivity index (χ3v) is 6.16. The summed E-state index contributed by atoms with van der Waals surface area (Å²) < 4.78 is 0. The molecule has 0 unspecified atom stereocenters. The molecule has 0 amide bonds. The Labute approximate surface area is 214 Å². The Morgan fingerprint density at radius 2 is 0.613 bits per heavy atom. The van der Waals surface area contributed by atoms with Crippen molar-refractivity contribution in [1.82, 2.24) is 0 Å². The van der Waals surface area contributed by atoms with Crippen LogP contribution < -0.4 is 21.2 Å². The van der Waals surface area contributed by atoms with E-state index in [1.165, 1.54) is 21.2 Å². The van der Waals surface area contributed by atoms with Crippen LogP contribution in [0.2, 0.25) is 0 Å². The van der Waals surface area contributed by atoms with Gasteiger partial charge in [0.2, 0.25) is 0 Å². The van der Waals surface area contributed by atoms with Crippen molar-refractivity contribution >= 4 is 61.6 Å².